The maximum atomic E-state index is 12.5. The summed E-state index contributed by atoms with van der Waals surface area (Å²) in [4.78, 5) is 11.1. The van der Waals surface area contributed by atoms with Crippen LogP contribution in [-0.2, 0) is 15.7 Å². The Balaban J connectivity index is 2.89. The van der Waals surface area contributed by atoms with Crippen molar-refractivity contribution in [1.82, 2.24) is 0 Å². The Morgan fingerprint density at radius 2 is 2.00 bits per heavy atom. The molecule has 1 aromatic carbocycles. The van der Waals surface area contributed by atoms with Crippen LogP contribution in [0.4, 0.5) is 13.2 Å². The number of alkyl halides is 3. The van der Waals surface area contributed by atoms with E-state index in [1.165, 1.54) is 14.0 Å². The van der Waals surface area contributed by atoms with E-state index >= 15 is 0 Å². The fourth-order valence-corrected chi connectivity index (χ4v) is 1.80. The molecule has 3 nitrogen and oxygen atoms in total. The number of carbonyl (C=O) groups is 1. The van der Waals surface area contributed by atoms with E-state index in [2.05, 4.69) is 20.7 Å². The number of ether oxygens (including phenoxy) is 2. The lowest BCUT2D eigenvalue weighted by atomic mass is 10.2. The molecule has 0 bridgehead atoms. The highest BCUT2D eigenvalue weighted by Crippen LogP contribution is 2.36. The van der Waals surface area contributed by atoms with Crippen LogP contribution >= 0.6 is 15.9 Å². The van der Waals surface area contributed by atoms with Gasteiger partial charge in [-0.1, -0.05) is 15.9 Å². The maximum absolute atomic E-state index is 12.5. The summed E-state index contributed by atoms with van der Waals surface area (Å²) in [5.74, 6) is -0.459. The van der Waals surface area contributed by atoms with Gasteiger partial charge >= 0.3 is 12.1 Å². The summed E-state index contributed by atoms with van der Waals surface area (Å²) >= 11 is 2.81. The Morgan fingerprint density at radius 3 is 2.44 bits per heavy atom. The Hall–Kier alpha value is -1.24. The van der Waals surface area contributed by atoms with Crippen molar-refractivity contribution in [2.24, 2.45) is 0 Å². The molecule has 0 spiro atoms. The molecule has 1 aromatic rings. The van der Waals surface area contributed by atoms with Crippen molar-refractivity contribution in [2.75, 3.05) is 7.11 Å². The van der Waals surface area contributed by atoms with Gasteiger partial charge in [0.05, 0.1) is 12.7 Å². The molecule has 7 heteroatoms. The minimum absolute atomic E-state index is 0.146. The number of carbonyl (C=O) groups excluding carboxylic acids is 1. The van der Waals surface area contributed by atoms with E-state index in [9.17, 15) is 18.0 Å². The average molecular weight is 327 g/mol. The standard InChI is InChI=1S/C11H10BrF3O3/c1-6(10(16)17-2)18-7-3-4-8(9(12)5-7)11(13,14)15/h3-6H,1-2H3. The van der Waals surface area contributed by atoms with E-state index in [1.807, 2.05) is 0 Å². The normalized spacial score (nSPS) is 13.0. The van der Waals surface area contributed by atoms with Crippen LogP contribution in [0, 0.1) is 0 Å². The fraction of sp³-hybridized carbons (Fsp3) is 0.364. The quantitative estimate of drug-likeness (QED) is 0.798. The number of halogens is 4. The minimum atomic E-state index is -4.44. The largest absolute Gasteiger partial charge is 0.479 e. The van der Waals surface area contributed by atoms with Gasteiger partial charge in [-0.05, 0) is 25.1 Å². The predicted octanol–water partition coefficient (Wildman–Crippen LogP) is 3.41. The summed E-state index contributed by atoms with van der Waals surface area (Å²) in [5.41, 5.74) is -0.805. The van der Waals surface area contributed by atoms with Crippen LogP contribution in [0.2, 0.25) is 0 Å². The van der Waals surface area contributed by atoms with Gasteiger partial charge in [-0.25, -0.2) is 4.79 Å². The molecule has 0 N–H and O–H groups in total. The summed E-state index contributed by atoms with van der Waals surface area (Å²) in [5, 5.41) is 0. The van der Waals surface area contributed by atoms with Crippen LogP contribution in [0.25, 0.3) is 0 Å². The van der Waals surface area contributed by atoms with Crippen LogP contribution in [-0.4, -0.2) is 19.2 Å². The second-order valence-electron chi connectivity index (χ2n) is 3.42. The first-order chi connectivity index (χ1) is 8.25. The van der Waals surface area contributed by atoms with E-state index in [0.29, 0.717) is 0 Å². The highest BCUT2D eigenvalue weighted by Gasteiger charge is 2.33. The van der Waals surface area contributed by atoms with Gasteiger partial charge < -0.3 is 9.47 Å². The highest BCUT2D eigenvalue weighted by molar-refractivity contribution is 9.10. The molecule has 0 aliphatic carbocycles. The molecule has 1 unspecified atom stereocenters. The molecule has 1 atom stereocenters. The first-order valence-corrected chi connectivity index (χ1v) is 5.66. The van der Waals surface area contributed by atoms with E-state index in [0.717, 1.165) is 18.2 Å². The molecule has 1 rings (SSSR count). The summed E-state index contributed by atoms with van der Waals surface area (Å²) < 4.78 is 46.9. The minimum Gasteiger partial charge on any atom is -0.479 e. The lowest BCUT2D eigenvalue weighted by molar-refractivity contribution is -0.148. The monoisotopic (exact) mass is 326 g/mol. The number of hydrogen-bond acceptors (Lipinski definition) is 3. The fourth-order valence-electron chi connectivity index (χ4n) is 1.22. The number of rotatable bonds is 3. The summed E-state index contributed by atoms with van der Waals surface area (Å²) in [6, 6.07) is 3.18. The molecule has 0 saturated carbocycles. The molecule has 0 fully saturated rings. The lowest BCUT2D eigenvalue weighted by Gasteiger charge is -2.14. The van der Waals surface area contributed by atoms with Crippen LogP contribution in [0.15, 0.2) is 22.7 Å². The molecular weight excluding hydrogens is 317 g/mol. The molecule has 0 heterocycles. The maximum Gasteiger partial charge on any atom is 0.417 e. The predicted molar refractivity (Wildman–Crippen MR) is 61.3 cm³/mol. The Labute approximate surface area is 110 Å². The van der Waals surface area contributed by atoms with Crippen LogP contribution in [0.5, 0.6) is 5.75 Å². The van der Waals surface area contributed by atoms with Crippen molar-refractivity contribution in [3.63, 3.8) is 0 Å². The van der Waals surface area contributed by atoms with Crippen molar-refractivity contribution in [1.29, 1.82) is 0 Å². The molecular formula is C11H10BrF3O3. The zero-order chi connectivity index (χ0) is 13.9. The zero-order valence-electron chi connectivity index (χ0n) is 9.55. The van der Waals surface area contributed by atoms with Crippen molar-refractivity contribution in [2.45, 2.75) is 19.2 Å². The summed E-state index contributed by atoms with van der Waals surface area (Å²) in [6.45, 7) is 1.44. The van der Waals surface area contributed by atoms with E-state index in [-0.39, 0.29) is 10.2 Å². The third kappa shape index (κ3) is 3.63. The first-order valence-electron chi connectivity index (χ1n) is 4.87. The van der Waals surface area contributed by atoms with Crippen LogP contribution in [0.1, 0.15) is 12.5 Å². The summed E-state index contributed by atoms with van der Waals surface area (Å²) in [6.07, 6.45) is -5.33. The SMILES string of the molecule is COC(=O)C(C)Oc1ccc(C(F)(F)F)c(Br)c1. The molecule has 100 valence electrons. The van der Waals surface area contributed by atoms with Crippen molar-refractivity contribution in [3.8, 4) is 5.75 Å². The zero-order valence-corrected chi connectivity index (χ0v) is 11.1. The Morgan fingerprint density at radius 1 is 1.39 bits per heavy atom. The van der Waals surface area contributed by atoms with E-state index in [1.54, 1.807) is 0 Å². The number of hydrogen-bond donors (Lipinski definition) is 0. The van der Waals surface area contributed by atoms with Gasteiger partial charge in [0.1, 0.15) is 5.75 Å². The molecule has 18 heavy (non-hydrogen) atoms. The lowest BCUT2D eigenvalue weighted by Crippen LogP contribution is -2.24. The van der Waals surface area contributed by atoms with Gasteiger partial charge in [0, 0.05) is 4.47 Å². The molecule has 0 radical (unpaired) electrons. The Kier molecular flexibility index (Phi) is 4.61. The van der Waals surface area contributed by atoms with Gasteiger partial charge in [-0.2, -0.15) is 13.2 Å². The van der Waals surface area contributed by atoms with E-state index in [4.69, 9.17) is 4.74 Å². The van der Waals surface area contributed by atoms with Gasteiger partial charge in [-0.15, -0.1) is 0 Å². The van der Waals surface area contributed by atoms with Crippen LogP contribution in [0.3, 0.4) is 0 Å². The number of benzene rings is 1. The van der Waals surface area contributed by atoms with Crippen molar-refractivity contribution < 1.29 is 27.4 Å². The smallest absolute Gasteiger partial charge is 0.417 e. The van der Waals surface area contributed by atoms with Gasteiger partial charge in [-0.3, -0.25) is 0 Å². The number of methoxy groups -OCH3 is 1. The second kappa shape index (κ2) is 5.60. The van der Waals surface area contributed by atoms with Gasteiger partial charge in [0.15, 0.2) is 6.10 Å². The third-order valence-electron chi connectivity index (χ3n) is 2.09. The average Bonchev–Trinajstić information content (AvgIpc) is 2.26. The van der Waals surface area contributed by atoms with Gasteiger partial charge in [0.2, 0.25) is 0 Å². The van der Waals surface area contributed by atoms with E-state index < -0.39 is 23.8 Å². The van der Waals surface area contributed by atoms with Gasteiger partial charge in [0.25, 0.3) is 0 Å². The van der Waals surface area contributed by atoms with Crippen molar-refractivity contribution in [3.05, 3.63) is 28.2 Å². The number of esters is 1. The van der Waals surface area contributed by atoms with Crippen molar-refractivity contribution >= 4 is 21.9 Å². The molecule has 0 aromatic heterocycles. The first kappa shape index (κ1) is 14.8. The second-order valence-corrected chi connectivity index (χ2v) is 4.28. The highest BCUT2D eigenvalue weighted by atomic mass is 79.9. The van der Waals surface area contributed by atoms with Crippen LogP contribution < -0.4 is 4.74 Å². The molecule has 0 saturated heterocycles. The molecule has 0 aliphatic heterocycles. The Bertz CT molecular complexity index is 446. The topological polar surface area (TPSA) is 35.5 Å². The molecule has 0 amide bonds. The summed E-state index contributed by atoms with van der Waals surface area (Å²) in [7, 11) is 1.20. The third-order valence-corrected chi connectivity index (χ3v) is 2.75. The molecule has 0 aliphatic rings.